The fourth-order valence-electron chi connectivity index (χ4n) is 2.23. The van der Waals surface area contributed by atoms with Crippen molar-refractivity contribution >= 4 is 0 Å². The zero-order valence-corrected chi connectivity index (χ0v) is 13.5. The van der Waals surface area contributed by atoms with E-state index < -0.39 is 11.7 Å². The van der Waals surface area contributed by atoms with E-state index in [1.807, 2.05) is 33.8 Å². The van der Waals surface area contributed by atoms with E-state index in [0.29, 0.717) is 11.3 Å². The summed E-state index contributed by atoms with van der Waals surface area (Å²) in [5.74, 6) is 0.669. The molecule has 2 aromatic carbocycles. The molecule has 0 aliphatic heterocycles. The molecule has 0 spiro atoms. The minimum atomic E-state index is -4.33. The maximum absolute atomic E-state index is 12.8. The molecule has 0 unspecified atom stereocenters. The van der Waals surface area contributed by atoms with Gasteiger partial charge in [-0.25, -0.2) is 0 Å². The van der Waals surface area contributed by atoms with E-state index in [1.165, 1.54) is 6.07 Å². The van der Waals surface area contributed by atoms with E-state index in [2.05, 4.69) is 0 Å². The van der Waals surface area contributed by atoms with Crippen LogP contribution in [0.15, 0.2) is 36.4 Å². The molecule has 0 radical (unpaired) electrons. The van der Waals surface area contributed by atoms with Crippen molar-refractivity contribution in [2.75, 3.05) is 7.11 Å². The van der Waals surface area contributed by atoms with Gasteiger partial charge in [0.1, 0.15) is 5.75 Å². The summed E-state index contributed by atoms with van der Waals surface area (Å²) in [5.41, 5.74) is 2.52. The highest BCUT2D eigenvalue weighted by atomic mass is 19.4. The molecule has 0 atom stereocenters. The number of methoxy groups -OCH3 is 1. The topological polar surface area (TPSA) is 9.23 Å². The lowest BCUT2D eigenvalue weighted by Crippen LogP contribution is -2.04. The number of alkyl halides is 3. The first-order valence-corrected chi connectivity index (χ1v) is 7.16. The van der Waals surface area contributed by atoms with Gasteiger partial charge < -0.3 is 4.74 Å². The van der Waals surface area contributed by atoms with Crippen LogP contribution in [0.4, 0.5) is 13.2 Å². The molecule has 0 saturated heterocycles. The van der Waals surface area contributed by atoms with E-state index in [0.717, 1.165) is 28.8 Å². The molecule has 0 amide bonds. The molecule has 4 heteroatoms. The molecule has 0 saturated carbocycles. The van der Waals surface area contributed by atoms with Gasteiger partial charge in [-0.05, 0) is 54.3 Å². The van der Waals surface area contributed by atoms with Crippen molar-refractivity contribution in [3.63, 3.8) is 0 Å². The SMILES string of the molecule is CC.COc1cc(-c2cccc(C(F)(F)F)c2)c(C)cc1C. The Kier molecular flexibility index (Phi) is 6.03. The van der Waals surface area contributed by atoms with Crippen LogP contribution in [0.1, 0.15) is 30.5 Å². The number of hydrogen-bond acceptors (Lipinski definition) is 1. The van der Waals surface area contributed by atoms with Gasteiger partial charge in [-0.1, -0.05) is 32.0 Å². The number of hydrogen-bond donors (Lipinski definition) is 0. The van der Waals surface area contributed by atoms with Gasteiger partial charge in [-0.2, -0.15) is 13.2 Å². The van der Waals surface area contributed by atoms with E-state index in [1.54, 1.807) is 19.2 Å². The maximum atomic E-state index is 12.8. The third-order valence-electron chi connectivity index (χ3n) is 3.24. The van der Waals surface area contributed by atoms with Gasteiger partial charge in [0, 0.05) is 0 Å². The first-order chi connectivity index (χ1) is 10.3. The summed E-state index contributed by atoms with van der Waals surface area (Å²) in [6, 6.07) is 9.02. The molecule has 2 rings (SSSR count). The minimum Gasteiger partial charge on any atom is -0.496 e. The van der Waals surface area contributed by atoms with Gasteiger partial charge in [0.25, 0.3) is 0 Å². The van der Waals surface area contributed by atoms with Gasteiger partial charge in [-0.3, -0.25) is 0 Å². The lowest BCUT2D eigenvalue weighted by Gasteiger charge is -2.13. The average Bonchev–Trinajstić information content (AvgIpc) is 2.49. The molecule has 0 fully saturated rings. The molecule has 0 bridgehead atoms. The quantitative estimate of drug-likeness (QED) is 0.658. The second kappa shape index (κ2) is 7.34. The second-order valence-corrected chi connectivity index (χ2v) is 4.72. The molecule has 0 aliphatic rings. The molecule has 22 heavy (non-hydrogen) atoms. The zero-order chi connectivity index (χ0) is 16.9. The Bertz CT molecular complexity index is 631. The minimum absolute atomic E-state index is 0.538. The number of benzene rings is 2. The van der Waals surface area contributed by atoms with Crippen molar-refractivity contribution in [1.82, 2.24) is 0 Å². The molecule has 120 valence electrons. The molecular formula is C18H21F3O. The van der Waals surface area contributed by atoms with Gasteiger partial charge in [0.15, 0.2) is 0 Å². The fraction of sp³-hybridized carbons (Fsp3) is 0.333. The summed E-state index contributed by atoms with van der Waals surface area (Å²) in [6.45, 7) is 7.78. The Morgan fingerprint density at radius 2 is 1.55 bits per heavy atom. The van der Waals surface area contributed by atoms with Crippen LogP contribution in [-0.2, 0) is 6.18 Å². The van der Waals surface area contributed by atoms with Crippen molar-refractivity contribution in [2.24, 2.45) is 0 Å². The summed E-state index contributed by atoms with van der Waals surface area (Å²) < 4.78 is 43.5. The maximum Gasteiger partial charge on any atom is 0.416 e. The largest absolute Gasteiger partial charge is 0.496 e. The van der Waals surface area contributed by atoms with Crippen LogP contribution < -0.4 is 4.74 Å². The van der Waals surface area contributed by atoms with Crippen LogP contribution in [0.25, 0.3) is 11.1 Å². The van der Waals surface area contributed by atoms with Crippen LogP contribution in [-0.4, -0.2) is 7.11 Å². The molecule has 0 heterocycles. The number of halogens is 3. The molecule has 0 aliphatic carbocycles. The summed E-state index contributed by atoms with van der Waals surface area (Å²) in [4.78, 5) is 0. The van der Waals surface area contributed by atoms with E-state index >= 15 is 0 Å². The standard InChI is InChI=1S/C16H15F3O.C2H6/c1-10-7-11(2)15(20-3)9-14(10)12-5-4-6-13(8-12)16(17,18)19;1-2/h4-9H,1-3H3;1-2H3. The second-order valence-electron chi connectivity index (χ2n) is 4.72. The molecular weight excluding hydrogens is 289 g/mol. The Labute approximate surface area is 129 Å². The Hall–Kier alpha value is -1.97. The smallest absolute Gasteiger partial charge is 0.416 e. The monoisotopic (exact) mass is 310 g/mol. The van der Waals surface area contributed by atoms with Crippen LogP contribution in [0.2, 0.25) is 0 Å². The number of aryl methyl sites for hydroxylation is 2. The van der Waals surface area contributed by atoms with Crippen molar-refractivity contribution < 1.29 is 17.9 Å². The summed E-state index contributed by atoms with van der Waals surface area (Å²) in [6.07, 6.45) is -4.33. The molecule has 0 aromatic heterocycles. The third-order valence-corrected chi connectivity index (χ3v) is 3.24. The highest BCUT2D eigenvalue weighted by molar-refractivity contribution is 5.70. The van der Waals surface area contributed by atoms with E-state index in [4.69, 9.17) is 4.74 Å². The van der Waals surface area contributed by atoms with Crippen molar-refractivity contribution in [3.05, 3.63) is 53.1 Å². The Morgan fingerprint density at radius 3 is 2.09 bits per heavy atom. The first-order valence-electron chi connectivity index (χ1n) is 7.16. The summed E-state index contributed by atoms with van der Waals surface area (Å²) >= 11 is 0. The molecule has 0 N–H and O–H groups in total. The number of rotatable bonds is 2. The van der Waals surface area contributed by atoms with Gasteiger partial charge >= 0.3 is 6.18 Å². The zero-order valence-electron chi connectivity index (χ0n) is 13.5. The number of ether oxygens (including phenoxy) is 1. The lowest BCUT2D eigenvalue weighted by atomic mass is 9.96. The highest BCUT2D eigenvalue weighted by Gasteiger charge is 2.30. The Balaban J connectivity index is 0.00000116. The van der Waals surface area contributed by atoms with Crippen molar-refractivity contribution in [3.8, 4) is 16.9 Å². The van der Waals surface area contributed by atoms with E-state index in [9.17, 15) is 13.2 Å². The van der Waals surface area contributed by atoms with Gasteiger partial charge in [0.05, 0.1) is 12.7 Å². The predicted molar refractivity (Wildman–Crippen MR) is 84.3 cm³/mol. The highest BCUT2D eigenvalue weighted by Crippen LogP contribution is 2.35. The van der Waals surface area contributed by atoms with Crippen LogP contribution >= 0.6 is 0 Å². The van der Waals surface area contributed by atoms with Crippen molar-refractivity contribution in [2.45, 2.75) is 33.9 Å². The normalized spacial score (nSPS) is 10.7. The van der Waals surface area contributed by atoms with Gasteiger partial charge in [0.2, 0.25) is 0 Å². The summed E-state index contributed by atoms with van der Waals surface area (Å²) in [5, 5.41) is 0. The summed E-state index contributed by atoms with van der Waals surface area (Å²) in [7, 11) is 1.55. The Morgan fingerprint density at radius 1 is 0.909 bits per heavy atom. The van der Waals surface area contributed by atoms with Crippen LogP contribution in [0.3, 0.4) is 0 Å². The third kappa shape index (κ3) is 4.03. The fourth-order valence-corrected chi connectivity index (χ4v) is 2.23. The first kappa shape index (κ1) is 18.1. The van der Waals surface area contributed by atoms with E-state index in [-0.39, 0.29) is 0 Å². The lowest BCUT2D eigenvalue weighted by molar-refractivity contribution is -0.137. The predicted octanol–water partition coefficient (Wildman–Crippen LogP) is 6.02. The molecule has 1 nitrogen and oxygen atoms in total. The molecule has 2 aromatic rings. The van der Waals surface area contributed by atoms with Crippen molar-refractivity contribution in [1.29, 1.82) is 0 Å². The van der Waals surface area contributed by atoms with Gasteiger partial charge in [-0.15, -0.1) is 0 Å². The average molecular weight is 310 g/mol. The van der Waals surface area contributed by atoms with Crippen LogP contribution in [0, 0.1) is 13.8 Å². The van der Waals surface area contributed by atoms with Crippen LogP contribution in [0.5, 0.6) is 5.75 Å².